The van der Waals surface area contributed by atoms with Crippen molar-refractivity contribution in [1.29, 1.82) is 0 Å². The normalized spacial score (nSPS) is 11.0. The lowest BCUT2D eigenvalue weighted by atomic mass is 10.2. The fourth-order valence-corrected chi connectivity index (χ4v) is 3.39. The number of nitrogens with two attached hydrogens (primary N) is 1. The highest BCUT2D eigenvalue weighted by molar-refractivity contribution is 7.98. The molecule has 148 valence electrons. The predicted molar refractivity (Wildman–Crippen MR) is 107 cm³/mol. The summed E-state index contributed by atoms with van der Waals surface area (Å²) in [5.74, 6) is 7.66. The van der Waals surface area contributed by atoms with Gasteiger partial charge in [-0.1, -0.05) is 29.4 Å². The zero-order valence-corrected chi connectivity index (χ0v) is 16.5. The second kappa shape index (κ2) is 8.54. The molecule has 7 nitrogen and oxygen atoms in total. The molecular formula is C19H15ClFN5O2S. The van der Waals surface area contributed by atoms with Crippen LogP contribution in [0.15, 0.2) is 64.4 Å². The summed E-state index contributed by atoms with van der Waals surface area (Å²) in [5, 5.41) is 9.22. The molecule has 29 heavy (non-hydrogen) atoms. The zero-order chi connectivity index (χ0) is 20.2. The van der Waals surface area contributed by atoms with Gasteiger partial charge >= 0.3 is 0 Å². The topological polar surface area (TPSA) is 92.0 Å². The highest BCUT2D eigenvalue weighted by Gasteiger charge is 2.13. The first-order chi connectivity index (χ1) is 14.1. The van der Waals surface area contributed by atoms with Gasteiger partial charge in [-0.2, -0.15) is 0 Å². The number of hydrogen-bond donors (Lipinski definition) is 1. The molecule has 0 saturated heterocycles. The lowest BCUT2D eigenvalue weighted by Crippen LogP contribution is -2.15. The van der Waals surface area contributed by atoms with Crippen molar-refractivity contribution in [3.63, 3.8) is 0 Å². The van der Waals surface area contributed by atoms with Crippen molar-refractivity contribution < 1.29 is 13.5 Å². The maximum absolute atomic E-state index is 12.9. The van der Waals surface area contributed by atoms with Gasteiger partial charge in [0.15, 0.2) is 5.82 Å². The van der Waals surface area contributed by atoms with Gasteiger partial charge in [-0.3, -0.25) is 0 Å². The molecule has 0 saturated carbocycles. The number of rotatable bonds is 7. The Kier molecular flexibility index (Phi) is 5.68. The van der Waals surface area contributed by atoms with E-state index in [9.17, 15) is 4.39 Å². The van der Waals surface area contributed by atoms with Crippen LogP contribution in [0.4, 0.5) is 4.39 Å². The Labute approximate surface area is 174 Å². The number of thioether (sulfide) groups is 1. The van der Waals surface area contributed by atoms with Crippen molar-refractivity contribution >= 4 is 23.4 Å². The minimum atomic E-state index is -0.329. The fraction of sp³-hybridized carbons (Fsp3) is 0.105. The first-order valence-electron chi connectivity index (χ1n) is 8.49. The Morgan fingerprint density at radius 2 is 2.00 bits per heavy atom. The molecule has 0 radical (unpaired) electrons. The average Bonchev–Trinajstić information content (AvgIpc) is 3.33. The standard InChI is InChI=1S/C19H15ClFN5O2S/c20-13-3-1-2-12(8-13)18-23-15(9-28-18)11-29-19-25-24-17(26(19)22)10-27-16-6-4-14(21)5-7-16/h1-9H,10-11,22H2. The highest BCUT2D eigenvalue weighted by Crippen LogP contribution is 2.25. The van der Waals surface area contributed by atoms with E-state index in [1.165, 1.54) is 40.7 Å². The van der Waals surface area contributed by atoms with Crippen molar-refractivity contribution in [1.82, 2.24) is 19.9 Å². The van der Waals surface area contributed by atoms with Crippen molar-refractivity contribution in [2.45, 2.75) is 17.5 Å². The number of oxazole rings is 1. The van der Waals surface area contributed by atoms with Gasteiger partial charge in [0.2, 0.25) is 11.0 Å². The quantitative estimate of drug-likeness (QED) is 0.344. The summed E-state index contributed by atoms with van der Waals surface area (Å²) in [4.78, 5) is 4.46. The van der Waals surface area contributed by atoms with Crippen LogP contribution in [0.2, 0.25) is 5.02 Å². The Morgan fingerprint density at radius 3 is 2.79 bits per heavy atom. The van der Waals surface area contributed by atoms with Gasteiger partial charge in [0, 0.05) is 16.3 Å². The highest BCUT2D eigenvalue weighted by atomic mass is 35.5. The van der Waals surface area contributed by atoms with Crippen LogP contribution in [0.3, 0.4) is 0 Å². The number of ether oxygens (including phenoxy) is 1. The first-order valence-corrected chi connectivity index (χ1v) is 9.86. The Balaban J connectivity index is 1.36. The van der Waals surface area contributed by atoms with E-state index >= 15 is 0 Å². The third-order valence-corrected chi connectivity index (χ3v) is 5.10. The Hall–Kier alpha value is -3.04. The average molecular weight is 432 g/mol. The summed E-state index contributed by atoms with van der Waals surface area (Å²) in [6, 6.07) is 13.0. The molecule has 0 fully saturated rings. The van der Waals surface area contributed by atoms with E-state index in [-0.39, 0.29) is 12.4 Å². The molecule has 0 aliphatic heterocycles. The third kappa shape index (κ3) is 4.69. The number of nitrogens with zero attached hydrogens (tertiary/aromatic N) is 4. The fourth-order valence-electron chi connectivity index (χ4n) is 2.45. The van der Waals surface area contributed by atoms with E-state index in [4.69, 9.17) is 26.6 Å². The minimum absolute atomic E-state index is 0.110. The van der Waals surface area contributed by atoms with E-state index < -0.39 is 0 Å². The third-order valence-electron chi connectivity index (χ3n) is 3.89. The molecule has 0 aliphatic rings. The van der Waals surface area contributed by atoms with Crippen molar-refractivity contribution in [3.8, 4) is 17.2 Å². The molecule has 10 heteroatoms. The van der Waals surface area contributed by atoms with E-state index in [2.05, 4.69) is 15.2 Å². The summed E-state index contributed by atoms with van der Waals surface area (Å²) >= 11 is 7.37. The van der Waals surface area contributed by atoms with Crippen LogP contribution >= 0.6 is 23.4 Å². The number of benzene rings is 2. The smallest absolute Gasteiger partial charge is 0.226 e. The summed E-state index contributed by atoms with van der Waals surface area (Å²) in [7, 11) is 0. The van der Waals surface area contributed by atoms with Crippen LogP contribution in [-0.4, -0.2) is 19.9 Å². The number of aromatic nitrogens is 4. The molecule has 4 rings (SSSR count). The van der Waals surface area contributed by atoms with Crippen LogP contribution < -0.4 is 10.6 Å². The molecule has 2 N–H and O–H groups in total. The van der Waals surface area contributed by atoms with E-state index in [1.54, 1.807) is 18.4 Å². The second-order valence-electron chi connectivity index (χ2n) is 5.95. The van der Waals surface area contributed by atoms with Gasteiger partial charge in [0.1, 0.15) is 24.4 Å². The number of hydrogen-bond acceptors (Lipinski definition) is 7. The van der Waals surface area contributed by atoms with Gasteiger partial charge in [-0.25, -0.2) is 14.1 Å². The number of halogens is 2. The summed E-state index contributed by atoms with van der Waals surface area (Å²) < 4.78 is 25.4. The maximum atomic E-state index is 12.9. The number of nitrogen functional groups attached to an aromatic ring is 1. The van der Waals surface area contributed by atoms with Gasteiger partial charge in [-0.15, -0.1) is 10.2 Å². The maximum Gasteiger partial charge on any atom is 0.226 e. The molecular weight excluding hydrogens is 417 g/mol. The Bertz CT molecular complexity index is 1120. The summed E-state index contributed by atoms with van der Waals surface area (Å²) in [5.41, 5.74) is 1.54. The molecule has 2 heterocycles. The van der Waals surface area contributed by atoms with Gasteiger partial charge < -0.3 is 15.0 Å². The molecule has 0 unspecified atom stereocenters. The molecule has 2 aromatic carbocycles. The molecule has 0 spiro atoms. The molecule has 2 aromatic heterocycles. The SMILES string of the molecule is Nn1c(COc2ccc(F)cc2)nnc1SCc1coc(-c2cccc(Cl)c2)n1. The van der Waals surface area contributed by atoms with Gasteiger partial charge in [0.05, 0.1) is 5.69 Å². The molecule has 0 bridgehead atoms. The van der Waals surface area contributed by atoms with E-state index in [1.807, 2.05) is 12.1 Å². The van der Waals surface area contributed by atoms with E-state index in [0.29, 0.717) is 33.4 Å². The van der Waals surface area contributed by atoms with Crippen LogP contribution in [0.25, 0.3) is 11.5 Å². The van der Waals surface area contributed by atoms with Crippen LogP contribution in [-0.2, 0) is 12.4 Å². The molecule has 0 amide bonds. The van der Waals surface area contributed by atoms with Crippen LogP contribution in [0.1, 0.15) is 11.5 Å². The molecule has 0 atom stereocenters. The van der Waals surface area contributed by atoms with Crippen molar-refractivity contribution in [2.75, 3.05) is 5.84 Å². The zero-order valence-electron chi connectivity index (χ0n) is 15.0. The lowest BCUT2D eigenvalue weighted by molar-refractivity contribution is 0.291. The van der Waals surface area contributed by atoms with Crippen LogP contribution in [0, 0.1) is 5.82 Å². The van der Waals surface area contributed by atoms with Crippen molar-refractivity contribution in [3.05, 3.63) is 77.2 Å². The summed E-state index contributed by atoms with van der Waals surface area (Å²) in [6.07, 6.45) is 1.58. The minimum Gasteiger partial charge on any atom is -0.486 e. The monoisotopic (exact) mass is 431 g/mol. The molecule has 0 aliphatic carbocycles. The largest absolute Gasteiger partial charge is 0.486 e. The van der Waals surface area contributed by atoms with Crippen molar-refractivity contribution in [2.24, 2.45) is 0 Å². The van der Waals surface area contributed by atoms with Gasteiger partial charge in [-0.05, 0) is 42.5 Å². The lowest BCUT2D eigenvalue weighted by Gasteiger charge is -2.06. The molecule has 4 aromatic rings. The second-order valence-corrected chi connectivity index (χ2v) is 7.33. The van der Waals surface area contributed by atoms with Gasteiger partial charge in [0.25, 0.3) is 0 Å². The summed E-state index contributed by atoms with van der Waals surface area (Å²) in [6.45, 7) is 0.110. The van der Waals surface area contributed by atoms with E-state index in [0.717, 1.165) is 11.3 Å². The predicted octanol–water partition coefficient (Wildman–Crippen LogP) is 4.31. The van der Waals surface area contributed by atoms with Crippen LogP contribution in [0.5, 0.6) is 5.75 Å². The first kappa shape index (κ1) is 19.3. The Morgan fingerprint density at radius 1 is 1.17 bits per heavy atom.